The maximum Gasteiger partial charge on any atom is 0.0407 e. The van der Waals surface area contributed by atoms with Gasteiger partial charge in [0.25, 0.3) is 0 Å². The highest BCUT2D eigenvalue weighted by Gasteiger charge is 2.18. The van der Waals surface area contributed by atoms with Gasteiger partial charge in [-0.15, -0.1) is 6.58 Å². The second-order valence-electron chi connectivity index (χ2n) is 5.72. The van der Waals surface area contributed by atoms with E-state index >= 15 is 0 Å². The quantitative estimate of drug-likeness (QED) is 0.561. The van der Waals surface area contributed by atoms with Crippen molar-refractivity contribution in [1.29, 1.82) is 0 Å². The minimum atomic E-state index is 0.763. The molecule has 1 nitrogen and oxygen atoms in total. The van der Waals surface area contributed by atoms with Crippen LogP contribution in [-0.2, 0) is 6.42 Å². The molecule has 2 aromatic rings. The molecule has 3 rings (SSSR count). The molecular formula is C20H19BrClN. The number of nitrogens with zero attached hydrogens (tertiary/aromatic N) is 1. The van der Waals surface area contributed by atoms with Crippen LogP contribution in [0, 0.1) is 0 Å². The molecule has 3 heteroatoms. The van der Waals surface area contributed by atoms with Gasteiger partial charge in [0.15, 0.2) is 0 Å². The van der Waals surface area contributed by atoms with E-state index in [1.165, 1.54) is 26.9 Å². The summed E-state index contributed by atoms with van der Waals surface area (Å²) in [6, 6.07) is 16.6. The van der Waals surface area contributed by atoms with E-state index in [1.54, 1.807) is 0 Å². The Bertz CT molecular complexity index is 734. The highest BCUT2D eigenvalue weighted by Crippen LogP contribution is 2.36. The standard InChI is InChI=1S/C20H19BrClN/c1-2-13-23(18-11-9-17(22)10-12-18)14-16-8-7-15-5-3-4-6-19(15)20(16)21/h2-6,9-12H,1,7-8,13-14H2. The van der Waals surface area contributed by atoms with Crippen LogP contribution in [0.4, 0.5) is 5.69 Å². The van der Waals surface area contributed by atoms with Crippen LogP contribution < -0.4 is 4.90 Å². The zero-order valence-corrected chi connectivity index (χ0v) is 15.3. The van der Waals surface area contributed by atoms with Crippen molar-refractivity contribution in [3.05, 3.63) is 82.9 Å². The van der Waals surface area contributed by atoms with Crippen LogP contribution in [0.2, 0.25) is 5.02 Å². The first-order valence-corrected chi connectivity index (χ1v) is 8.93. The van der Waals surface area contributed by atoms with Crippen LogP contribution in [0.25, 0.3) is 4.48 Å². The van der Waals surface area contributed by atoms with Crippen LogP contribution >= 0.6 is 27.5 Å². The predicted molar refractivity (Wildman–Crippen MR) is 104 cm³/mol. The average molecular weight is 389 g/mol. The van der Waals surface area contributed by atoms with Crippen LogP contribution in [0.5, 0.6) is 0 Å². The molecule has 118 valence electrons. The lowest BCUT2D eigenvalue weighted by Crippen LogP contribution is -2.27. The highest BCUT2D eigenvalue weighted by molar-refractivity contribution is 9.15. The van der Waals surface area contributed by atoms with E-state index in [9.17, 15) is 0 Å². The second kappa shape index (κ2) is 7.37. The Morgan fingerprint density at radius 2 is 1.83 bits per heavy atom. The molecule has 0 unspecified atom stereocenters. The van der Waals surface area contributed by atoms with Crippen molar-refractivity contribution >= 4 is 37.7 Å². The number of rotatable bonds is 5. The predicted octanol–water partition coefficient (Wildman–Crippen LogP) is 6.08. The van der Waals surface area contributed by atoms with Gasteiger partial charge < -0.3 is 4.90 Å². The maximum absolute atomic E-state index is 6.01. The largest absolute Gasteiger partial charge is 0.364 e. The van der Waals surface area contributed by atoms with Crippen LogP contribution in [0.3, 0.4) is 0 Å². The Labute approximate surface area is 151 Å². The van der Waals surface area contributed by atoms with E-state index in [0.717, 1.165) is 31.0 Å². The van der Waals surface area contributed by atoms with Crippen molar-refractivity contribution in [1.82, 2.24) is 0 Å². The molecule has 1 aliphatic rings. The lowest BCUT2D eigenvalue weighted by Gasteiger charge is -2.28. The van der Waals surface area contributed by atoms with Crippen molar-refractivity contribution < 1.29 is 0 Å². The summed E-state index contributed by atoms with van der Waals surface area (Å²) in [6.07, 6.45) is 4.13. The number of hydrogen-bond donors (Lipinski definition) is 0. The van der Waals surface area contributed by atoms with Gasteiger partial charge in [-0.25, -0.2) is 0 Å². The van der Waals surface area contributed by atoms with E-state index in [2.05, 4.69) is 63.8 Å². The second-order valence-corrected chi connectivity index (χ2v) is 6.95. The maximum atomic E-state index is 6.01. The van der Waals surface area contributed by atoms with Crippen molar-refractivity contribution in [3.63, 3.8) is 0 Å². The number of fused-ring (bicyclic) bond motifs is 1. The summed E-state index contributed by atoms with van der Waals surface area (Å²) >= 11 is 9.83. The van der Waals surface area contributed by atoms with Gasteiger partial charge >= 0.3 is 0 Å². The molecular weight excluding hydrogens is 370 g/mol. The molecule has 0 heterocycles. The Morgan fingerprint density at radius 1 is 1.09 bits per heavy atom. The van der Waals surface area contributed by atoms with E-state index in [4.69, 9.17) is 11.6 Å². The third-order valence-corrected chi connectivity index (χ3v) is 5.42. The van der Waals surface area contributed by atoms with Gasteiger partial charge in [0.2, 0.25) is 0 Å². The molecule has 0 saturated heterocycles. The Balaban J connectivity index is 1.88. The fourth-order valence-electron chi connectivity index (χ4n) is 2.99. The Morgan fingerprint density at radius 3 is 2.57 bits per heavy atom. The van der Waals surface area contributed by atoms with Crippen LogP contribution in [0.15, 0.2) is 66.8 Å². The molecule has 23 heavy (non-hydrogen) atoms. The Kier molecular flexibility index (Phi) is 5.24. The fraction of sp³-hybridized carbons (Fsp3) is 0.200. The first kappa shape index (κ1) is 16.4. The van der Waals surface area contributed by atoms with Gasteiger partial charge in [0, 0.05) is 28.3 Å². The third kappa shape index (κ3) is 3.70. The third-order valence-electron chi connectivity index (χ3n) is 4.18. The molecule has 0 amide bonds. The molecule has 0 fully saturated rings. The minimum Gasteiger partial charge on any atom is -0.364 e. The summed E-state index contributed by atoms with van der Waals surface area (Å²) in [7, 11) is 0. The lowest BCUT2D eigenvalue weighted by atomic mass is 9.92. The summed E-state index contributed by atoms with van der Waals surface area (Å²) < 4.78 is 1.24. The average Bonchev–Trinajstić information content (AvgIpc) is 2.58. The van der Waals surface area contributed by atoms with Crippen molar-refractivity contribution in [2.75, 3.05) is 18.0 Å². The molecule has 0 bridgehead atoms. The molecule has 0 spiro atoms. The number of halogens is 2. The van der Waals surface area contributed by atoms with E-state index in [1.807, 2.05) is 18.2 Å². The van der Waals surface area contributed by atoms with Crippen LogP contribution in [-0.4, -0.2) is 13.1 Å². The Hall–Kier alpha value is -1.51. The normalized spacial score (nSPS) is 13.7. The van der Waals surface area contributed by atoms with Gasteiger partial charge in [-0.2, -0.15) is 0 Å². The molecule has 0 radical (unpaired) electrons. The molecule has 0 atom stereocenters. The van der Waals surface area contributed by atoms with Gasteiger partial charge in [-0.05, 0) is 53.8 Å². The summed E-state index contributed by atoms with van der Waals surface area (Å²) in [5, 5.41) is 0.763. The number of anilines is 1. The molecule has 2 aromatic carbocycles. The smallest absolute Gasteiger partial charge is 0.0407 e. The van der Waals surface area contributed by atoms with Crippen molar-refractivity contribution in [3.8, 4) is 0 Å². The first-order valence-electron chi connectivity index (χ1n) is 7.76. The lowest BCUT2D eigenvalue weighted by molar-refractivity contribution is 0.837. The SMILES string of the molecule is C=CCN(CC1=C(Br)c2ccccc2CC1)c1ccc(Cl)cc1. The van der Waals surface area contributed by atoms with Gasteiger partial charge in [-0.1, -0.05) is 57.9 Å². The summed E-state index contributed by atoms with van der Waals surface area (Å²) in [5.41, 5.74) is 5.34. The molecule has 0 saturated carbocycles. The monoisotopic (exact) mass is 387 g/mol. The molecule has 0 aromatic heterocycles. The number of hydrogen-bond acceptors (Lipinski definition) is 1. The molecule has 0 N–H and O–H groups in total. The highest BCUT2D eigenvalue weighted by atomic mass is 79.9. The van der Waals surface area contributed by atoms with Crippen molar-refractivity contribution in [2.45, 2.75) is 12.8 Å². The first-order chi connectivity index (χ1) is 11.2. The van der Waals surface area contributed by atoms with E-state index in [0.29, 0.717) is 0 Å². The van der Waals surface area contributed by atoms with E-state index < -0.39 is 0 Å². The molecule has 0 aliphatic heterocycles. The van der Waals surface area contributed by atoms with Gasteiger partial charge in [0.05, 0.1) is 0 Å². The zero-order valence-electron chi connectivity index (χ0n) is 12.9. The fourth-order valence-corrected chi connectivity index (χ4v) is 3.82. The van der Waals surface area contributed by atoms with Gasteiger partial charge in [0.1, 0.15) is 0 Å². The summed E-state index contributed by atoms with van der Waals surface area (Å²) in [5.74, 6) is 0. The number of benzene rings is 2. The van der Waals surface area contributed by atoms with Gasteiger partial charge in [-0.3, -0.25) is 0 Å². The minimum absolute atomic E-state index is 0.763. The summed E-state index contributed by atoms with van der Waals surface area (Å²) in [6.45, 7) is 5.60. The molecule has 1 aliphatic carbocycles. The summed E-state index contributed by atoms with van der Waals surface area (Å²) in [4.78, 5) is 2.33. The topological polar surface area (TPSA) is 3.24 Å². The number of aryl methyl sites for hydroxylation is 1. The van der Waals surface area contributed by atoms with Crippen molar-refractivity contribution in [2.24, 2.45) is 0 Å². The van der Waals surface area contributed by atoms with Crippen LogP contribution in [0.1, 0.15) is 17.5 Å². The zero-order chi connectivity index (χ0) is 16.2. The van der Waals surface area contributed by atoms with E-state index in [-0.39, 0.29) is 0 Å².